The first-order valence-corrected chi connectivity index (χ1v) is 8.30. The van der Waals surface area contributed by atoms with E-state index in [2.05, 4.69) is 0 Å². The maximum absolute atomic E-state index is 13.4. The number of benzene rings is 3. The van der Waals surface area contributed by atoms with Crippen LogP contribution in [0.5, 0.6) is 23.0 Å². The van der Waals surface area contributed by atoms with Gasteiger partial charge < -0.3 is 24.4 Å². The van der Waals surface area contributed by atoms with Gasteiger partial charge in [0.2, 0.25) is 0 Å². The Hall–Kier alpha value is -3.03. The van der Waals surface area contributed by atoms with Crippen LogP contribution in [0, 0.1) is 5.82 Å². The van der Waals surface area contributed by atoms with Crippen LogP contribution in [0.25, 0.3) is 0 Å². The number of nitrogens with zero attached hydrogens (tertiary/aromatic N) is 1. The minimum absolute atomic E-state index is 0. The van der Waals surface area contributed by atoms with Gasteiger partial charge in [0, 0.05) is 44.0 Å². The van der Waals surface area contributed by atoms with E-state index < -0.39 is 7.12 Å². The Balaban J connectivity index is 0.00000280. The second-order valence-electron chi connectivity index (χ2n) is 6.16. The van der Waals surface area contributed by atoms with E-state index in [1.807, 2.05) is 31.1 Å². The predicted molar refractivity (Wildman–Crippen MR) is 110 cm³/mol. The summed E-state index contributed by atoms with van der Waals surface area (Å²) in [6, 6.07) is 17.7. The van der Waals surface area contributed by atoms with E-state index in [0.29, 0.717) is 28.5 Å². The number of rotatable bonds is 6. The van der Waals surface area contributed by atoms with Crippen molar-refractivity contribution < 1.29 is 23.9 Å². The second kappa shape index (κ2) is 9.26. The van der Waals surface area contributed by atoms with Crippen molar-refractivity contribution in [2.75, 3.05) is 19.0 Å². The summed E-state index contributed by atoms with van der Waals surface area (Å²) in [4.78, 5) is 1.90. The molecule has 0 atom stereocenters. The average molecular weight is 383 g/mol. The predicted octanol–water partition coefficient (Wildman–Crippen LogP) is 3.79. The van der Waals surface area contributed by atoms with Gasteiger partial charge in [0.05, 0.1) is 0 Å². The Bertz CT molecular complexity index is 917. The Morgan fingerprint density at radius 2 is 1.39 bits per heavy atom. The van der Waals surface area contributed by atoms with E-state index in [0.717, 1.165) is 5.69 Å². The van der Waals surface area contributed by atoms with Crippen molar-refractivity contribution in [3.8, 4) is 23.0 Å². The molecular weight excluding hydrogens is 360 g/mol. The molecule has 0 fully saturated rings. The average Bonchev–Trinajstić information content (AvgIpc) is 2.62. The van der Waals surface area contributed by atoms with Gasteiger partial charge in [0.1, 0.15) is 28.8 Å². The molecule has 2 N–H and O–H groups in total. The van der Waals surface area contributed by atoms with Crippen molar-refractivity contribution in [2.24, 2.45) is 0 Å². The molecule has 0 aliphatic rings. The first kappa shape index (κ1) is 21.3. The maximum atomic E-state index is 13.4. The van der Waals surface area contributed by atoms with Gasteiger partial charge in [-0.3, -0.25) is 0 Å². The molecule has 0 aliphatic carbocycles. The molecule has 0 amide bonds. The molecule has 3 aromatic carbocycles. The van der Waals surface area contributed by atoms with Crippen LogP contribution in [0.4, 0.5) is 10.1 Å². The van der Waals surface area contributed by atoms with E-state index in [4.69, 9.17) is 19.5 Å². The second-order valence-corrected chi connectivity index (χ2v) is 6.16. The van der Waals surface area contributed by atoms with Gasteiger partial charge >= 0.3 is 7.12 Å². The number of hydrogen-bond donors (Lipinski definition) is 2. The van der Waals surface area contributed by atoms with Crippen LogP contribution in [0.15, 0.2) is 66.7 Å². The van der Waals surface area contributed by atoms with E-state index in [1.165, 1.54) is 12.1 Å². The van der Waals surface area contributed by atoms with E-state index in [9.17, 15) is 4.39 Å². The molecule has 28 heavy (non-hydrogen) atoms. The summed E-state index contributed by atoms with van der Waals surface area (Å²) in [6.45, 7) is 0. The lowest BCUT2D eigenvalue weighted by atomic mass is 9.80. The molecule has 3 rings (SSSR count). The van der Waals surface area contributed by atoms with Gasteiger partial charge in [-0.25, -0.2) is 4.39 Å². The van der Waals surface area contributed by atoms with Gasteiger partial charge in [0.25, 0.3) is 0 Å². The van der Waals surface area contributed by atoms with Crippen LogP contribution >= 0.6 is 0 Å². The maximum Gasteiger partial charge on any atom is 0.488 e. The van der Waals surface area contributed by atoms with Crippen LogP contribution in [0.1, 0.15) is 7.43 Å². The van der Waals surface area contributed by atoms with Crippen LogP contribution in [0.3, 0.4) is 0 Å². The highest BCUT2D eigenvalue weighted by molar-refractivity contribution is 6.58. The van der Waals surface area contributed by atoms with E-state index in [-0.39, 0.29) is 13.2 Å². The number of ether oxygens (including phenoxy) is 2. The zero-order valence-electron chi connectivity index (χ0n) is 15.0. The number of hydrogen-bond acceptors (Lipinski definition) is 5. The molecule has 0 spiro atoms. The van der Waals surface area contributed by atoms with E-state index >= 15 is 0 Å². The molecule has 5 nitrogen and oxygen atoms in total. The van der Waals surface area contributed by atoms with Crippen LogP contribution in [-0.4, -0.2) is 31.3 Å². The van der Waals surface area contributed by atoms with Crippen molar-refractivity contribution in [2.45, 2.75) is 7.43 Å². The SMILES string of the molecule is C.CN(C)c1cc(Oc2ccc(B(O)O)cc2)cc(Oc2cccc(F)c2)c1. The van der Waals surface area contributed by atoms with Crippen LogP contribution < -0.4 is 19.8 Å². The molecule has 146 valence electrons. The summed E-state index contributed by atoms with van der Waals surface area (Å²) in [5.41, 5.74) is 1.22. The zero-order valence-corrected chi connectivity index (χ0v) is 15.0. The van der Waals surface area contributed by atoms with Gasteiger partial charge in [-0.2, -0.15) is 0 Å². The summed E-state index contributed by atoms with van der Waals surface area (Å²) in [5.74, 6) is 1.58. The molecule has 0 saturated heterocycles. The normalized spacial score (nSPS) is 10.0. The molecule has 0 aromatic heterocycles. The fraction of sp³-hybridized carbons (Fsp3) is 0.143. The quantitative estimate of drug-likeness (QED) is 0.635. The topological polar surface area (TPSA) is 62.2 Å². The zero-order chi connectivity index (χ0) is 19.4. The van der Waals surface area contributed by atoms with E-state index in [1.54, 1.807) is 42.5 Å². The molecule has 0 bridgehead atoms. The Morgan fingerprint density at radius 3 is 1.93 bits per heavy atom. The Kier molecular flexibility index (Phi) is 7.03. The van der Waals surface area contributed by atoms with Gasteiger partial charge in [-0.05, 0) is 29.7 Å². The lowest BCUT2D eigenvalue weighted by Gasteiger charge is -2.17. The van der Waals surface area contributed by atoms with Gasteiger partial charge in [-0.1, -0.05) is 25.6 Å². The molecule has 0 unspecified atom stereocenters. The molecule has 0 saturated carbocycles. The molecule has 7 heteroatoms. The smallest absolute Gasteiger partial charge is 0.457 e. The lowest BCUT2D eigenvalue weighted by molar-refractivity contribution is 0.425. The third-order valence-electron chi connectivity index (χ3n) is 3.83. The first-order valence-electron chi connectivity index (χ1n) is 8.30. The molecule has 0 aliphatic heterocycles. The molecule has 3 aromatic rings. The van der Waals surface area contributed by atoms with Crippen LogP contribution in [0.2, 0.25) is 0 Å². The van der Waals surface area contributed by atoms with Crippen molar-refractivity contribution in [1.82, 2.24) is 0 Å². The summed E-state index contributed by atoms with van der Waals surface area (Å²) in [7, 11) is 2.26. The molecule has 0 heterocycles. The minimum Gasteiger partial charge on any atom is -0.457 e. The van der Waals surface area contributed by atoms with Crippen molar-refractivity contribution in [3.63, 3.8) is 0 Å². The molecule has 0 radical (unpaired) electrons. The highest BCUT2D eigenvalue weighted by Crippen LogP contribution is 2.33. The third kappa shape index (κ3) is 5.48. The highest BCUT2D eigenvalue weighted by atomic mass is 19.1. The van der Waals surface area contributed by atoms with Crippen molar-refractivity contribution in [1.29, 1.82) is 0 Å². The largest absolute Gasteiger partial charge is 0.488 e. The summed E-state index contributed by atoms with van der Waals surface area (Å²) >= 11 is 0. The first-order chi connectivity index (χ1) is 12.9. The fourth-order valence-electron chi connectivity index (χ4n) is 2.44. The van der Waals surface area contributed by atoms with Crippen molar-refractivity contribution >= 4 is 18.3 Å². The third-order valence-corrected chi connectivity index (χ3v) is 3.83. The summed E-state index contributed by atoms with van der Waals surface area (Å²) in [5, 5.41) is 18.3. The van der Waals surface area contributed by atoms with Gasteiger partial charge in [0.15, 0.2) is 0 Å². The molecular formula is C21H23BFNO4. The number of halogens is 1. The number of anilines is 1. The summed E-state index contributed by atoms with van der Waals surface area (Å²) in [6.07, 6.45) is 0. The highest BCUT2D eigenvalue weighted by Gasteiger charge is 2.11. The van der Waals surface area contributed by atoms with Crippen molar-refractivity contribution in [3.05, 3.63) is 72.5 Å². The Morgan fingerprint density at radius 1 is 0.786 bits per heavy atom. The van der Waals surface area contributed by atoms with Crippen LogP contribution in [-0.2, 0) is 0 Å². The lowest BCUT2D eigenvalue weighted by Crippen LogP contribution is -2.29. The minimum atomic E-state index is -1.53. The standard InChI is InChI=1S/C20H19BFNO4.CH4/c1-23(2)16-11-19(26-17-8-6-14(7-9-17)21(24)25)13-20(12-16)27-18-5-3-4-15(22)10-18;/h3-13,24-25H,1-2H3;1H4. The Labute approximate surface area is 164 Å². The fourth-order valence-corrected chi connectivity index (χ4v) is 2.44. The monoisotopic (exact) mass is 383 g/mol. The summed E-state index contributed by atoms with van der Waals surface area (Å²) < 4.78 is 25.0. The van der Waals surface area contributed by atoms with Gasteiger partial charge in [-0.15, -0.1) is 0 Å².